The van der Waals surface area contributed by atoms with Gasteiger partial charge in [0.25, 0.3) is 10.0 Å². The summed E-state index contributed by atoms with van der Waals surface area (Å²) in [5.74, 6) is -1.14. The second-order valence-corrected chi connectivity index (χ2v) is 7.67. The summed E-state index contributed by atoms with van der Waals surface area (Å²) in [6, 6.07) is 11.2. The van der Waals surface area contributed by atoms with Gasteiger partial charge in [-0.2, -0.15) is 0 Å². The van der Waals surface area contributed by atoms with E-state index in [-0.39, 0.29) is 35.1 Å². The Hall–Kier alpha value is -3.14. The van der Waals surface area contributed by atoms with Gasteiger partial charge in [0.2, 0.25) is 5.91 Å². The molecule has 3 rings (SSSR count). The molecule has 0 radical (unpaired) electrons. The molecule has 2 aromatic rings. The van der Waals surface area contributed by atoms with Gasteiger partial charge in [-0.3, -0.25) is 14.4 Å². The highest BCUT2D eigenvalue weighted by atomic mass is 32.2. The molecular weight excluding hydrogens is 389 g/mol. The SMILES string of the molecule is CCC(=O)N[C@@H]1CN(c2ccc(NS(=O)(=O)c3ccccc3)c(F)c2)C(=O)O1. The fourth-order valence-electron chi connectivity index (χ4n) is 2.59. The predicted molar refractivity (Wildman–Crippen MR) is 99.7 cm³/mol. The van der Waals surface area contributed by atoms with Crippen molar-refractivity contribution in [3.8, 4) is 0 Å². The zero-order chi connectivity index (χ0) is 20.3. The van der Waals surface area contributed by atoms with Crippen molar-refractivity contribution in [3.05, 3.63) is 54.3 Å². The van der Waals surface area contributed by atoms with Crippen molar-refractivity contribution >= 4 is 33.4 Å². The van der Waals surface area contributed by atoms with Crippen LogP contribution in [0.2, 0.25) is 0 Å². The van der Waals surface area contributed by atoms with Crippen molar-refractivity contribution in [2.75, 3.05) is 16.2 Å². The van der Waals surface area contributed by atoms with Gasteiger partial charge in [-0.05, 0) is 30.3 Å². The molecule has 1 atom stereocenters. The molecule has 1 saturated heterocycles. The number of hydrogen-bond acceptors (Lipinski definition) is 5. The molecule has 1 fully saturated rings. The number of nitrogens with one attached hydrogen (secondary N) is 2. The van der Waals surface area contributed by atoms with E-state index in [1.165, 1.54) is 24.3 Å². The maximum atomic E-state index is 14.5. The summed E-state index contributed by atoms with van der Waals surface area (Å²) >= 11 is 0. The Balaban J connectivity index is 1.76. The lowest BCUT2D eigenvalue weighted by molar-refractivity contribution is -0.123. The number of sulfonamides is 1. The molecule has 2 N–H and O–H groups in total. The average molecular weight is 407 g/mol. The number of hydrogen-bond donors (Lipinski definition) is 2. The average Bonchev–Trinajstić information content (AvgIpc) is 3.04. The van der Waals surface area contributed by atoms with E-state index in [0.29, 0.717) is 0 Å². The minimum atomic E-state index is -3.95. The summed E-state index contributed by atoms with van der Waals surface area (Å²) in [4.78, 5) is 24.6. The molecule has 2 amide bonds. The first-order valence-electron chi connectivity index (χ1n) is 8.45. The molecule has 10 heteroatoms. The zero-order valence-corrected chi connectivity index (χ0v) is 15.7. The van der Waals surface area contributed by atoms with Crippen molar-refractivity contribution in [1.82, 2.24) is 5.32 Å². The first kappa shape index (κ1) is 19.6. The van der Waals surface area contributed by atoms with Crippen LogP contribution in [0.15, 0.2) is 53.4 Å². The lowest BCUT2D eigenvalue weighted by Gasteiger charge is -2.15. The molecule has 0 spiro atoms. The number of benzene rings is 2. The Morgan fingerprint density at radius 2 is 1.96 bits per heavy atom. The van der Waals surface area contributed by atoms with E-state index in [4.69, 9.17) is 4.74 Å². The number of anilines is 2. The van der Waals surface area contributed by atoms with Gasteiger partial charge in [0.15, 0.2) is 6.23 Å². The van der Waals surface area contributed by atoms with Crippen molar-refractivity contribution in [2.45, 2.75) is 24.5 Å². The molecule has 1 heterocycles. The molecule has 2 aromatic carbocycles. The molecule has 0 aliphatic carbocycles. The molecule has 8 nitrogen and oxygen atoms in total. The smallest absolute Gasteiger partial charge is 0.416 e. The van der Waals surface area contributed by atoms with Crippen molar-refractivity contribution in [1.29, 1.82) is 0 Å². The molecule has 0 saturated carbocycles. The van der Waals surface area contributed by atoms with Gasteiger partial charge in [-0.15, -0.1) is 0 Å². The Morgan fingerprint density at radius 3 is 2.61 bits per heavy atom. The summed E-state index contributed by atoms with van der Waals surface area (Å²) in [6.07, 6.45) is -1.34. The molecule has 1 aliphatic heterocycles. The van der Waals surface area contributed by atoms with Gasteiger partial charge in [0, 0.05) is 6.42 Å². The third kappa shape index (κ3) is 4.22. The minimum absolute atomic E-state index is 0.00361. The van der Waals surface area contributed by atoms with Gasteiger partial charge in [-0.25, -0.2) is 17.6 Å². The minimum Gasteiger partial charge on any atom is -0.423 e. The molecule has 0 aromatic heterocycles. The number of carbonyl (C=O) groups excluding carboxylic acids is 2. The summed E-state index contributed by atoms with van der Waals surface area (Å²) in [5, 5.41) is 2.52. The lowest BCUT2D eigenvalue weighted by atomic mass is 10.2. The van der Waals surface area contributed by atoms with E-state index in [1.807, 2.05) is 0 Å². The van der Waals surface area contributed by atoms with Crippen LogP contribution in [-0.2, 0) is 19.6 Å². The first-order valence-corrected chi connectivity index (χ1v) is 9.93. The summed E-state index contributed by atoms with van der Waals surface area (Å²) in [6.45, 7) is 1.67. The largest absolute Gasteiger partial charge is 0.423 e. The van der Waals surface area contributed by atoms with E-state index in [2.05, 4.69) is 10.0 Å². The molecule has 0 unspecified atom stereocenters. The number of ether oxygens (including phenoxy) is 1. The van der Waals surface area contributed by atoms with Crippen LogP contribution in [-0.4, -0.2) is 33.2 Å². The Morgan fingerprint density at radius 1 is 1.25 bits per heavy atom. The Kier molecular flexibility index (Phi) is 5.50. The topological polar surface area (TPSA) is 105 Å². The van der Waals surface area contributed by atoms with Crippen LogP contribution in [0.25, 0.3) is 0 Å². The third-order valence-electron chi connectivity index (χ3n) is 4.02. The van der Waals surface area contributed by atoms with Crippen LogP contribution in [0, 0.1) is 5.82 Å². The number of carbonyl (C=O) groups is 2. The zero-order valence-electron chi connectivity index (χ0n) is 14.9. The summed E-state index contributed by atoms with van der Waals surface area (Å²) < 4.78 is 46.3. The number of nitrogens with zero attached hydrogens (tertiary/aromatic N) is 1. The quantitative estimate of drug-likeness (QED) is 0.765. The van der Waals surface area contributed by atoms with Crippen LogP contribution in [0.3, 0.4) is 0 Å². The van der Waals surface area contributed by atoms with Gasteiger partial charge < -0.3 is 10.1 Å². The number of cyclic esters (lactones) is 1. The normalized spacial score (nSPS) is 16.6. The molecule has 1 aliphatic rings. The van der Waals surface area contributed by atoms with Gasteiger partial charge >= 0.3 is 6.09 Å². The van der Waals surface area contributed by atoms with E-state index in [1.54, 1.807) is 25.1 Å². The van der Waals surface area contributed by atoms with Crippen LogP contribution in [0.1, 0.15) is 13.3 Å². The van der Waals surface area contributed by atoms with E-state index in [9.17, 15) is 22.4 Å². The van der Waals surface area contributed by atoms with Crippen LogP contribution < -0.4 is 14.9 Å². The highest BCUT2D eigenvalue weighted by Crippen LogP contribution is 2.27. The van der Waals surface area contributed by atoms with Crippen LogP contribution >= 0.6 is 0 Å². The van der Waals surface area contributed by atoms with Gasteiger partial charge in [-0.1, -0.05) is 25.1 Å². The maximum Gasteiger partial charge on any atom is 0.416 e. The van der Waals surface area contributed by atoms with Gasteiger partial charge in [0.1, 0.15) is 5.82 Å². The number of amides is 2. The number of rotatable bonds is 6. The second-order valence-electron chi connectivity index (χ2n) is 5.99. The maximum absolute atomic E-state index is 14.5. The highest BCUT2D eigenvalue weighted by Gasteiger charge is 2.33. The van der Waals surface area contributed by atoms with Crippen molar-refractivity contribution < 1.29 is 27.1 Å². The number of halogens is 1. The molecule has 0 bridgehead atoms. The van der Waals surface area contributed by atoms with E-state index >= 15 is 0 Å². The second kappa shape index (κ2) is 7.85. The highest BCUT2D eigenvalue weighted by molar-refractivity contribution is 7.92. The molecular formula is C18H18FN3O5S. The van der Waals surface area contributed by atoms with Crippen molar-refractivity contribution in [3.63, 3.8) is 0 Å². The van der Waals surface area contributed by atoms with Crippen LogP contribution in [0.5, 0.6) is 0 Å². The summed E-state index contributed by atoms with van der Waals surface area (Å²) in [7, 11) is -3.95. The van der Waals surface area contributed by atoms with Crippen molar-refractivity contribution in [2.24, 2.45) is 0 Å². The third-order valence-corrected chi connectivity index (χ3v) is 5.40. The standard InChI is InChI=1S/C18H18FN3O5S/c1-2-16(23)20-17-11-22(18(24)27-17)12-8-9-15(14(19)10-12)21-28(25,26)13-6-4-3-5-7-13/h3-10,17,21H,2,11H2,1H3,(H,20,23)/t17-/m0/s1. The predicted octanol–water partition coefficient (Wildman–Crippen LogP) is 2.44. The fraction of sp³-hybridized carbons (Fsp3) is 0.222. The summed E-state index contributed by atoms with van der Waals surface area (Å²) in [5.41, 5.74) is -0.0746. The molecule has 148 valence electrons. The Labute approximate surface area is 161 Å². The monoisotopic (exact) mass is 407 g/mol. The van der Waals surface area contributed by atoms with E-state index in [0.717, 1.165) is 11.0 Å². The fourth-order valence-corrected chi connectivity index (χ4v) is 3.68. The lowest BCUT2D eigenvalue weighted by Crippen LogP contribution is -2.37. The first-order chi connectivity index (χ1) is 13.3. The van der Waals surface area contributed by atoms with Gasteiger partial charge in [0.05, 0.1) is 22.8 Å². The molecule has 28 heavy (non-hydrogen) atoms. The van der Waals surface area contributed by atoms with E-state index < -0.39 is 28.2 Å². The van der Waals surface area contributed by atoms with Crippen LogP contribution in [0.4, 0.5) is 20.6 Å². The Bertz CT molecular complexity index is 998.